The summed E-state index contributed by atoms with van der Waals surface area (Å²) < 4.78 is 18.5. The van der Waals surface area contributed by atoms with Gasteiger partial charge in [-0.25, -0.2) is 9.37 Å². The molecular weight excluding hydrogens is 337 g/mol. The molecule has 1 aromatic carbocycles. The van der Waals surface area contributed by atoms with Gasteiger partial charge < -0.3 is 9.32 Å². The maximum Gasteiger partial charge on any atom is 0.162 e. The van der Waals surface area contributed by atoms with Crippen molar-refractivity contribution in [3.05, 3.63) is 59.6 Å². The van der Waals surface area contributed by atoms with E-state index >= 15 is 0 Å². The topological polar surface area (TPSA) is 32.5 Å². The minimum absolute atomic E-state index is 0.184. The zero-order chi connectivity index (χ0) is 17.1. The molecule has 130 valence electrons. The number of halogens is 1. The largest absolute Gasteiger partial charge is 0.462 e. The first kappa shape index (κ1) is 16.3. The number of thiazole rings is 1. The SMILES string of the molecule is Fc1ccc(N2CCCN(Cc3csc(-c4ccco4)n3)CC2)cc1. The lowest BCUT2D eigenvalue weighted by Crippen LogP contribution is -2.30. The fourth-order valence-electron chi connectivity index (χ4n) is 3.16. The molecule has 2 aromatic heterocycles. The van der Waals surface area contributed by atoms with E-state index in [0.29, 0.717) is 0 Å². The monoisotopic (exact) mass is 357 g/mol. The maximum absolute atomic E-state index is 13.1. The number of furan rings is 1. The molecule has 4 nitrogen and oxygen atoms in total. The Morgan fingerprint density at radius 1 is 1.08 bits per heavy atom. The van der Waals surface area contributed by atoms with E-state index in [0.717, 1.165) is 61.3 Å². The van der Waals surface area contributed by atoms with Crippen LogP contribution >= 0.6 is 11.3 Å². The number of aromatic nitrogens is 1. The summed E-state index contributed by atoms with van der Waals surface area (Å²) in [5, 5.41) is 3.04. The first-order valence-corrected chi connectivity index (χ1v) is 9.37. The zero-order valence-electron chi connectivity index (χ0n) is 13.9. The van der Waals surface area contributed by atoms with Crippen LogP contribution in [0.1, 0.15) is 12.1 Å². The zero-order valence-corrected chi connectivity index (χ0v) is 14.7. The average Bonchev–Trinajstić information content (AvgIpc) is 3.25. The van der Waals surface area contributed by atoms with Crippen molar-refractivity contribution < 1.29 is 8.81 Å². The Morgan fingerprint density at radius 2 is 1.96 bits per heavy atom. The summed E-state index contributed by atoms with van der Waals surface area (Å²) in [5.74, 6) is 0.644. The minimum atomic E-state index is -0.184. The lowest BCUT2D eigenvalue weighted by Gasteiger charge is -2.23. The minimum Gasteiger partial charge on any atom is -0.462 e. The molecule has 0 spiro atoms. The highest BCUT2D eigenvalue weighted by Crippen LogP contribution is 2.25. The van der Waals surface area contributed by atoms with E-state index in [9.17, 15) is 4.39 Å². The van der Waals surface area contributed by atoms with Crippen molar-refractivity contribution >= 4 is 17.0 Å². The number of hydrogen-bond acceptors (Lipinski definition) is 5. The van der Waals surface area contributed by atoms with Gasteiger partial charge in [-0.3, -0.25) is 4.90 Å². The summed E-state index contributed by atoms with van der Waals surface area (Å²) in [6.07, 6.45) is 2.77. The molecule has 3 heterocycles. The van der Waals surface area contributed by atoms with Crippen molar-refractivity contribution in [3.63, 3.8) is 0 Å². The highest BCUT2D eigenvalue weighted by atomic mass is 32.1. The normalized spacial score (nSPS) is 16.1. The second kappa shape index (κ2) is 7.37. The van der Waals surface area contributed by atoms with E-state index in [1.54, 1.807) is 17.6 Å². The quantitative estimate of drug-likeness (QED) is 0.699. The van der Waals surface area contributed by atoms with Gasteiger partial charge in [-0.2, -0.15) is 0 Å². The Balaban J connectivity index is 1.37. The van der Waals surface area contributed by atoms with Crippen molar-refractivity contribution in [2.45, 2.75) is 13.0 Å². The van der Waals surface area contributed by atoms with Gasteiger partial charge in [0.15, 0.2) is 10.8 Å². The molecule has 0 saturated carbocycles. The van der Waals surface area contributed by atoms with Crippen LogP contribution in [0.4, 0.5) is 10.1 Å². The van der Waals surface area contributed by atoms with Gasteiger partial charge in [-0.15, -0.1) is 11.3 Å². The second-order valence-electron chi connectivity index (χ2n) is 6.21. The Hall–Kier alpha value is -2.18. The van der Waals surface area contributed by atoms with Gasteiger partial charge >= 0.3 is 0 Å². The second-order valence-corrected chi connectivity index (χ2v) is 7.07. The van der Waals surface area contributed by atoms with E-state index < -0.39 is 0 Å². The van der Waals surface area contributed by atoms with Gasteiger partial charge in [0.05, 0.1) is 12.0 Å². The van der Waals surface area contributed by atoms with Gasteiger partial charge in [0.25, 0.3) is 0 Å². The van der Waals surface area contributed by atoms with Crippen LogP contribution in [0.3, 0.4) is 0 Å². The van der Waals surface area contributed by atoms with Crippen molar-refractivity contribution in [2.24, 2.45) is 0 Å². The predicted octanol–water partition coefficient (Wildman–Crippen LogP) is 4.25. The van der Waals surface area contributed by atoms with Crippen LogP contribution in [0.15, 0.2) is 52.5 Å². The van der Waals surface area contributed by atoms with Crippen molar-refractivity contribution in [2.75, 3.05) is 31.1 Å². The Bertz CT molecular complexity index is 800. The molecule has 0 atom stereocenters. The van der Waals surface area contributed by atoms with E-state index in [-0.39, 0.29) is 5.82 Å². The number of benzene rings is 1. The van der Waals surface area contributed by atoms with E-state index in [4.69, 9.17) is 9.40 Å². The van der Waals surface area contributed by atoms with Gasteiger partial charge in [-0.05, 0) is 42.8 Å². The molecule has 25 heavy (non-hydrogen) atoms. The molecule has 0 bridgehead atoms. The van der Waals surface area contributed by atoms with Gasteiger partial charge in [0.1, 0.15) is 5.82 Å². The van der Waals surface area contributed by atoms with Crippen LogP contribution < -0.4 is 4.90 Å². The molecule has 0 radical (unpaired) electrons. The first-order chi connectivity index (χ1) is 12.3. The summed E-state index contributed by atoms with van der Waals surface area (Å²) in [6.45, 7) is 4.82. The third-order valence-corrected chi connectivity index (χ3v) is 5.36. The average molecular weight is 357 g/mol. The summed E-state index contributed by atoms with van der Waals surface area (Å²) in [6, 6.07) is 10.6. The molecule has 1 fully saturated rings. The molecule has 0 amide bonds. The van der Waals surface area contributed by atoms with Crippen LogP contribution in [-0.4, -0.2) is 36.1 Å². The van der Waals surface area contributed by atoms with Crippen molar-refractivity contribution in [1.82, 2.24) is 9.88 Å². The maximum atomic E-state index is 13.1. The van der Waals surface area contributed by atoms with Gasteiger partial charge in [-0.1, -0.05) is 0 Å². The molecule has 1 aliphatic heterocycles. The van der Waals surface area contributed by atoms with Crippen LogP contribution in [0.5, 0.6) is 0 Å². The van der Waals surface area contributed by atoms with Crippen molar-refractivity contribution in [3.8, 4) is 10.8 Å². The van der Waals surface area contributed by atoms with E-state index in [1.165, 1.54) is 12.1 Å². The highest BCUT2D eigenvalue weighted by molar-refractivity contribution is 7.13. The van der Waals surface area contributed by atoms with Gasteiger partial charge in [0.2, 0.25) is 0 Å². The van der Waals surface area contributed by atoms with Crippen LogP contribution in [0, 0.1) is 5.82 Å². The van der Waals surface area contributed by atoms with Crippen LogP contribution in [0.25, 0.3) is 10.8 Å². The standard InChI is InChI=1S/C19H20FN3OS/c20-15-4-6-17(7-5-15)23-9-2-8-22(10-11-23)13-16-14-25-19(21-16)18-3-1-12-24-18/h1,3-7,12,14H,2,8-11,13H2. The smallest absolute Gasteiger partial charge is 0.162 e. The van der Waals surface area contributed by atoms with E-state index in [1.807, 2.05) is 24.3 Å². The summed E-state index contributed by atoms with van der Waals surface area (Å²) >= 11 is 1.62. The van der Waals surface area contributed by atoms with Gasteiger partial charge in [0, 0.05) is 43.8 Å². The summed E-state index contributed by atoms with van der Waals surface area (Å²) in [4.78, 5) is 9.46. The molecule has 1 saturated heterocycles. The lowest BCUT2D eigenvalue weighted by atomic mass is 10.2. The molecule has 3 aromatic rings. The third kappa shape index (κ3) is 3.91. The third-order valence-electron chi connectivity index (χ3n) is 4.45. The number of hydrogen-bond donors (Lipinski definition) is 0. The molecule has 6 heteroatoms. The molecular formula is C19H20FN3OS. The Morgan fingerprint density at radius 3 is 2.76 bits per heavy atom. The predicted molar refractivity (Wildman–Crippen MR) is 98.3 cm³/mol. The lowest BCUT2D eigenvalue weighted by molar-refractivity contribution is 0.282. The fourth-order valence-corrected chi connectivity index (χ4v) is 3.94. The first-order valence-electron chi connectivity index (χ1n) is 8.49. The molecule has 0 N–H and O–H groups in total. The number of anilines is 1. The van der Waals surface area contributed by atoms with Crippen molar-refractivity contribution in [1.29, 1.82) is 0 Å². The molecule has 4 rings (SSSR count). The summed E-state index contributed by atoms with van der Waals surface area (Å²) in [5.41, 5.74) is 2.18. The van der Waals surface area contributed by atoms with Crippen LogP contribution in [0.2, 0.25) is 0 Å². The molecule has 1 aliphatic rings. The van der Waals surface area contributed by atoms with E-state index in [2.05, 4.69) is 15.2 Å². The van der Waals surface area contributed by atoms with Crippen LogP contribution in [-0.2, 0) is 6.54 Å². The number of rotatable bonds is 4. The Kier molecular flexibility index (Phi) is 4.81. The Labute approximate surface area is 150 Å². The molecule has 0 aliphatic carbocycles. The number of nitrogens with zero attached hydrogens (tertiary/aromatic N) is 3. The fraction of sp³-hybridized carbons (Fsp3) is 0.316. The highest BCUT2D eigenvalue weighted by Gasteiger charge is 2.17. The molecule has 0 unspecified atom stereocenters. The summed E-state index contributed by atoms with van der Waals surface area (Å²) in [7, 11) is 0.